The fraction of sp³-hybridized carbons (Fsp3) is 0.242. The highest BCUT2D eigenvalue weighted by molar-refractivity contribution is 6.36. The molecule has 1 aromatic heterocycles. The first-order valence-corrected chi connectivity index (χ1v) is 14.3. The summed E-state index contributed by atoms with van der Waals surface area (Å²) < 4.78 is 0. The third-order valence-electron chi connectivity index (χ3n) is 8.26. The largest absolute Gasteiger partial charge is 0.375 e. The van der Waals surface area contributed by atoms with Crippen molar-refractivity contribution < 1.29 is 0 Å². The Bertz CT molecular complexity index is 1610. The molecule has 0 radical (unpaired) electrons. The molecule has 0 atom stereocenters. The lowest BCUT2D eigenvalue weighted by Gasteiger charge is -2.46. The van der Waals surface area contributed by atoms with Gasteiger partial charge < -0.3 is 10.2 Å². The second kappa shape index (κ2) is 11.0. The summed E-state index contributed by atoms with van der Waals surface area (Å²) in [4.78, 5) is 12.0. The maximum atomic E-state index is 9.24. The molecular weight excluding hydrogens is 537 g/mol. The molecule has 0 saturated carbocycles. The van der Waals surface area contributed by atoms with Crippen LogP contribution in [0.5, 0.6) is 0 Å². The minimum atomic E-state index is 0.0461. The van der Waals surface area contributed by atoms with Gasteiger partial charge in [-0.2, -0.15) is 5.26 Å². The summed E-state index contributed by atoms with van der Waals surface area (Å²) >= 11 is 12.7. The predicted octanol–water partition coefficient (Wildman–Crippen LogP) is 7.58. The van der Waals surface area contributed by atoms with Gasteiger partial charge in [0.05, 0.1) is 17.3 Å². The molecule has 4 aromatic rings. The van der Waals surface area contributed by atoms with Crippen molar-refractivity contribution in [2.45, 2.75) is 37.6 Å². The molecule has 1 fully saturated rings. The molecule has 2 aliphatic rings. The number of piperidine rings is 1. The molecule has 1 spiro atoms. The summed E-state index contributed by atoms with van der Waals surface area (Å²) in [5.74, 6) is 0.562. The monoisotopic (exact) mass is 565 g/mol. The van der Waals surface area contributed by atoms with Crippen molar-refractivity contribution in [3.05, 3.63) is 123 Å². The van der Waals surface area contributed by atoms with Crippen molar-refractivity contribution in [2.24, 2.45) is 0 Å². The van der Waals surface area contributed by atoms with Gasteiger partial charge in [-0.25, -0.2) is 9.97 Å². The number of anilines is 1. The van der Waals surface area contributed by atoms with Crippen molar-refractivity contribution in [2.75, 3.05) is 18.4 Å². The topological polar surface area (TPSA) is 64.8 Å². The lowest BCUT2D eigenvalue weighted by molar-refractivity contribution is 0.189. The Morgan fingerprint density at radius 2 is 1.77 bits per heavy atom. The molecule has 2 heterocycles. The van der Waals surface area contributed by atoms with Gasteiger partial charge in [0.1, 0.15) is 0 Å². The molecule has 200 valence electrons. The van der Waals surface area contributed by atoms with Gasteiger partial charge in [-0.05, 0) is 60.2 Å². The van der Waals surface area contributed by atoms with Crippen LogP contribution in [-0.4, -0.2) is 28.0 Å². The highest BCUT2D eigenvalue weighted by Gasteiger charge is 2.42. The van der Waals surface area contributed by atoms with Crippen molar-refractivity contribution in [1.29, 1.82) is 5.26 Å². The van der Waals surface area contributed by atoms with E-state index in [9.17, 15) is 5.26 Å². The van der Waals surface area contributed by atoms with E-state index in [0.717, 1.165) is 61.3 Å². The Balaban J connectivity index is 1.19. The molecule has 1 aliphatic carbocycles. The van der Waals surface area contributed by atoms with Gasteiger partial charge in [0.2, 0.25) is 5.95 Å². The standard InChI is InChI=1S/C33H29Cl2N5/c1-22(16-23-6-4-7-24(17-23)19-36)40-14-12-33(13-15-40)18-25-20-37-32(38-21-27-29(34)10-5-11-30(27)35)39-31(25)26-8-2-3-9-28(26)33/h2-11,17,20H,1,12-16,18,21H2,(H,37,38,39). The smallest absolute Gasteiger partial charge is 0.223 e. The molecule has 6 rings (SSSR count). The second-order valence-electron chi connectivity index (χ2n) is 10.7. The molecular formula is C33H29Cl2N5. The molecule has 0 bridgehead atoms. The molecule has 1 N–H and O–H groups in total. The van der Waals surface area contributed by atoms with Crippen molar-refractivity contribution >= 4 is 29.2 Å². The summed E-state index contributed by atoms with van der Waals surface area (Å²) in [6.45, 7) is 6.74. The van der Waals surface area contributed by atoms with Gasteiger partial charge in [-0.15, -0.1) is 0 Å². The normalized spacial score (nSPS) is 15.2. The molecule has 7 heteroatoms. The van der Waals surface area contributed by atoms with Gasteiger partial charge in [0.15, 0.2) is 0 Å². The number of nitrogens with one attached hydrogen (secondary N) is 1. The number of fused-ring (bicyclic) bond motifs is 4. The number of hydrogen-bond donors (Lipinski definition) is 1. The molecule has 3 aromatic carbocycles. The zero-order valence-electron chi connectivity index (χ0n) is 22.1. The summed E-state index contributed by atoms with van der Waals surface area (Å²) in [6, 6.07) is 24.2. The first kappa shape index (κ1) is 26.4. The summed E-state index contributed by atoms with van der Waals surface area (Å²) in [5, 5.41) is 13.8. The quantitative estimate of drug-likeness (QED) is 0.261. The third kappa shape index (κ3) is 5.06. The number of benzene rings is 3. The lowest BCUT2D eigenvalue weighted by atomic mass is 9.64. The van der Waals surface area contributed by atoms with Crippen LogP contribution in [0.25, 0.3) is 11.3 Å². The number of hydrogen-bond acceptors (Lipinski definition) is 5. The highest BCUT2D eigenvalue weighted by atomic mass is 35.5. The van der Waals surface area contributed by atoms with E-state index in [0.29, 0.717) is 28.1 Å². The second-order valence-corrected chi connectivity index (χ2v) is 11.5. The van der Waals surface area contributed by atoms with Crippen molar-refractivity contribution in [3.63, 3.8) is 0 Å². The fourth-order valence-electron chi connectivity index (χ4n) is 6.13. The lowest BCUT2D eigenvalue weighted by Crippen LogP contribution is -2.45. The van der Waals surface area contributed by atoms with Crippen LogP contribution < -0.4 is 5.32 Å². The van der Waals surface area contributed by atoms with Gasteiger partial charge in [-0.1, -0.05) is 72.2 Å². The van der Waals surface area contributed by atoms with Gasteiger partial charge in [-0.3, -0.25) is 0 Å². The van der Waals surface area contributed by atoms with Crippen LogP contribution in [0.1, 0.15) is 40.7 Å². The number of likely N-dealkylation sites (tertiary alicyclic amines) is 1. The Labute approximate surface area is 245 Å². The van der Waals surface area contributed by atoms with Gasteiger partial charge >= 0.3 is 0 Å². The molecule has 5 nitrogen and oxygen atoms in total. The van der Waals surface area contributed by atoms with E-state index in [1.165, 1.54) is 16.7 Å². The SMILES string of the molecule is C=C(Cc1cccc(C#N)c1)N1CCC2(CC1)Cc1cnc(NCc3c(Cl)cccc3Cl)nc1-c1ccccc12. The number of allylic oxidation sites excluding steroid dienone is 1. The van der Waals surface area contributed by atoms with Crippen LogP contribution in [0, 0.1) is 11.3 Å². The van der Waals surface area contributed by atoms with Crippen molar-refractivity contribution in [3.8, 4) is 17.3 Å². The van der Waals surface area contributed by atoms with Gasteiger partial charge in [0, 0.05) is 64.5 Å². The minimum Gasteiger partial charge on any atom is -0.375 e. The van der Waals surface area contributed by atoms with E-state index in [-0.39, 0.29) is 5.41 Å². The van der Waals surface area contributed by atoms with E-state index in [1.54, 1.807) is 0 Å². The summed E-state index contributed by atoms with van der Waals surface area (Å²) in [5.41, 5.74) is 8.52. The molecule has 0 amide bonds. The van der Waals surface area contributed by atoms with Crippen LogP contribution in [0.4, 0.5) is 5.95 Å². The van der Waals surface area contributed by atoms with E-state index >= 15 is 0 Å². The molecule has 0 unspecified atom stereocenters. The predicted molar refractivity (Wildman–Crippen MR) is 161 cm³/mol. The van der Waals surface area contributed by atoms with Crippen molar-refractivity contribution in [1.82, 2.24) is 14.9 Å². The number of nitrogens with zero attached hydrogens (tertiary/aromatic N) is 4. The van der Waals surface area contributed by atoms with Gasteiger partial charge in [0.25, 0.3) is 0 Å². The van der Waals surface area contributed by atoms with E-state index < -0.39 is 0 Å². The Morgan fingerprint density at radius 1 is 1.02 bits per heavy atom. The van der Waals surface area contributed by atoms with Crippen LogP contribution in [0.15, 0.2) is 85.2 Å². The first-order chi connectivity index (χ1) is 19.5. The van der Waals surface area contributed by atoms with E-state index in [4.69, 9.17) is 28.2 Å². The number of aromatic nitrogens is 2. The van der Waals surface area contributed by atoms with Crippen LogP contribution in [-0.2, 0) is 24.8 Å². The fourth-order valence-corrected chi connectivity index (χ4v) is 6.66. The van der Waals surface area contributed by atoms with E-state index in [2.05, 4.69) is 58.2 Å². The summed E-state index contributed by atoms with van der Waals surface area (Å²) in [7, 11) is 0. The van der Waals surface area contributed by atoms with E-state index in [1.807, 2.05) is 42.6 Å². The third-order valence-corrected chi connectivity index (χ3v) is 8.97. The Hall–Kier alpha value is -3.85. The number of halogens is 2. The zero-order chi connectivity index (χ0) is 27.7. The zero-order valence-corrected chi connectivity index (χ0v) is 23.6. The average molecular weight is 567 g/mol. The Kier molecular flexibility index (Phi) is 7.23. The molecule has 1 saturated heterocycles. The van der Waals surface area contributed by atoms with Crippen LogP contribution >= 0.6 is 23.2 Å². The Morgan fingerprint density at radius 3 is 2.55 bits per heavy atom. The average Bonchev–Trinajstić information content (AvgIpc) is 2.98. The number of nitriles is 1. The maximum absolute atomic E-state index is 9.24. The minimum absolute atomic E-state index is 0.0461. The first-order valence-electron chi connectivity index (χ1n) is 13.5. The summed E-state index contributed by atoms with van der Waals surface area (Å²) in [6.07, 6.45) is 5.72. The molecule has 40 heavy (non-hydrogen) atoms. The molecule has 1 aliphatic heterocycles. The van der Waals surface area contributed by atoms with Crippen LogP contribution in [0.3, 0.4) is 0 Å². The maximum Gasteiger partial charge on any atom is 0.223 e. The van der Waals surface area contributed by atoms with Crippen LogP contribution in [0.2, 0.25) is 10.0 Å². The highest BCUT2D eigenvalue weighted by Crippen LogP contribution is 2.48. The number of rotatable bonds is 6.